The highest BCUT2D eigenvalue weighted by atomic mass is 16.4. The summed E-state index contributed by atoms with van der Waals surface area (Å²) in [4.78, 5) is 9.38. The molecule has 0 aromatic rings. The number of aliphatic hydroxyl groups excluding tert-OH is 1. The summed E-state index contributed by atoms with van der Waals surface area (Å²) in [5, 5.41) is 23.4. The summed E-state index contributed by atoms with van der Waals surface area (Å²) in [6.45, 7) is 4.25. The molecule has 0 aliphatic rings. The molecule has 0 saturated heterocycles. The van der Waals surface area contributed by atoms with E-state index in [1.54, 1.807) is 0 Å². The zero-order valence-corrected chi connectivity index (χ0v) is 6.74. The fraction of sp³-hybridized carbons (Fsp3) is 0.714. The van der Waals surface area contributed by atoms with E-state index >= 15 is 0 Å². The molecule has 4 nitrogen and oxygen atoms in total. The Hall–Kier alpha value is -1.08. The number of aliphatic hydroxyl groups is 1. The minimum absolute atomic E-state index is 0.306. The van der Waals surface area contributed by atoms with Crippen LogP contribution in [0.2, 0.25) is 0 Å². The Morgan fingerprint density at radius 3 is 2.00 bits per heavy atom. The van der Waals surface area contributed by atoms with E-state index < -0.39 is 12.4 Å². The van der Waals surface area contributed by atoms with Crippen molar-refractivity contribution in [2.45, 2.75) is 20.3 Å². The summed E-state index contributed by atoms with van der Waals surface area (Å²) in [5.41, 5.74) is 0. The van der Waals surface area contributed by atoms with Gasteiger partial charge in [0.15, 0.2) is 0 Å². The molecule has 0 aliphatic heterocycles. The highest BCUT2D eigenvalue weighted by Crippen LogP contribution is 1.83. The van der Waals surface area contributed by atoms with Gasteiger partial charge in [0.1, 0.15) is 6.42 Å². The van der Waals surface area contributed by atoms with Gasteiger partial charge in [-0.25, -0.2) is 0 Å². The molecule has 0 radical (unpaired) electrons. The summed E-state index contributed by atoms with van der Waals surface area (Å²) >= 11 is 0. The molecule has 0 atom stereocenters. The molecular weight excluding hydrogens is 146 g/mol. The van der Waals surface area contributed by atoms with E-state index in [1.807, 2.05) is 13.8 Å². The van der Waals surface area contributed by atoms with Crippen molar-refractivity contribution < 1.29 is 15.0 Å². The lowest BCUT2D eigenvalue weighted by molar-refractivity contribution is -0.135. The number of carboxylic acids is 1. The fourth-order valence-corrected chi connectivity index (χ4v) is 0.0676. The van der Waals surface area contributed by atoms with Gasteiger partial charge >= 0.3 is 5.97 Å². The normalized spacial score (nSPS) is 7.91. The SMILES string of the molecule is CC(C)CO.N#CCC(=O)O. The number of carbonyl (C=O) groups is 1. The van der Waals surface area contributed by atoms with Crippen LogP contribution in [-0.4, -0.2) is 22.8 Å². The Kier molecular flexibility index (Phi) is 10.2. The van der Waals surface area contributed by atoms with Crippen molar-refractivity contribution in [3.63, 3.8) is 0 Å². The minimum atomic E-state index is -1.07. The lowest BCUT2D eigenvalue weighted by Gasteiger charge is -1.90. The molecule has 0 heterocycles. The zero-order valence-electron chi connectivity index (χ0n) is 6.74. The quantitative estimate of drug-likeness (QED) is 0.618. The second kappa shape index (κ2) is 8.92. The van der Waals surface area contributed by atoms with Crippen molar-refractivity contribution in [3.8, 4) is 6.07 Å². The molecule has 0 aromatic carbocycles. The lowest BCUT2D eigenvalue weighted by Crippen LogP contribution is -1.90. The van der Waals surface area contributed by atoms with Gasteiger partial charge in [0.05, 0.1) is 6.07 Å². The zero-order chi connectivity index (χ0) is 9.28. The molecule has 0 amide bonds. The number of hydrogen-bond donors (Lipinski definition) is 2. The van der Waals surface area contributed by atoms with Gasteiger partial charge in [0.25, 0.3) is 0 Å². The Morgan fingerprint density at radius 1 is 1.64 bits per heavy atom. The first-order valence-electron chi connectivity index (χ1n) is 3.24. The average Bonchev–Trinajstić information content (AvgIpc) is 1.89. The fourth-order valence-electron chi connectivity index (χ4n) is 0.0676. The third-order valence-electron chi connectivity index (χ3n) is 0.595. The Bertz CT molecular complexity index is 137. The van der Waals surface area contributed by atoms with E-state index in [9.17, 15) is 4.79 Å². The maximum absolute atomic E-state index is 9.38. The van der Waals surface area contributed by atoms with Crippen molar-refractivity contribution in [3.05, 3.63) is 0 Å². The smallest absolute Gasteiger partial charge is 0.317 e. The summed E-state index contributed by atoms with van der Waals surface area (Å²) in [6, 6.07) is 1.47. The van der Waals surface area contributed by atoms with Crippen molar-refractivity contribution in [1.82, 2.24) is 0 Å². The van der Waals surface area contributed by atoms with Gasteiger partial charge in [-0.05, 0) is 5.92 Å². The molecule has 64 valence electrons. The molecule has 0 aromatic heterocycles. The highest BCUT2D eigenvalue weighted by Gasteiger charge is 1.87. The van der Waals surface area contributed by atoms with Gasteiger partial charge in [0, 0.05) is 6.61 Å². The van der Waals surface area contributed by atoms with Crippen molar-refractivity contribution >= 4 is 5.97 Å². The predicted molar refractivity (Wildman–Crippen MR) is 39.8 cm³/mol. The van der Waals surface area contributed by atoms with Crippen molar-refractivity contribution in [2.24, 2.45) is 5.92 Å². The molecule has 0 bridgehead atoms. The first kappa shape index (κ1) is 12.6. The predicted octanol–water partition coefficient (Wildman–Crippen LogP) is 0.619. The number of rotatable bonds is 2. The van der Waals surface area contributed by atoms with Crippen LogP contribution < -0.4 is 0 Å². The Balaban J connectivity index is 0. The number of hydrogen-bond acceptors (Lipinski definition) is 3. The first-order valence-corrected chi connectivity index (χ1v) is 3.24. The number of carboxylic acid groups (broad SMARTS) is 1. The Morgan fingerprint density at radius 2 is 2.00 bits per heavy atom. The van der Waals surface area contributed by atoms with Crippen LogP contribution in [-0.2, 0) is 4.79 Å². The molecule has 11 heavy (non-hydrogen) atoms. The summed E-state index contributed by atoms with van der Waals surface area (Å²) < 4.78 is 0. The molecule has 0 fully saturated rings. The molecule has 0 saturated carbocycles. The van der Waals surface area contributed by atoms with Gasteiger partial charge < -0.3 is 10.2 Å². The maximum Gasteiger partial charge on any atom is 0.317 e. The van der Waals surface area contributed by atoms with E-state index in [1.165, 1.54) is 6.07 Å². The van der Waals surface area contributed by atoms with E-state index in [0.717, 1.165) is 0 Å². The number of aliphatic carboxylic acids is 1. The van der Waals surface area contributed by atoms with Crippen LogP contribution in [0.15, 0.2) is 0 Å². The van der Waals surface area contributed by atoms with E-state index in [0.29, 0.717) is 12.5 Å². The second-order valence-corrected chi connectivity index (χ2v) is 2.31. The number of nitriles is 1. The average molecular weight is 159 g/mol. The molecule has 2 N–H and O–H groups in total. The molecule has 0 unspecified atom stereocenters. The van der Waals surface area contributed by atoms with E-state index in [-0.39, 0.29) is 0 Å². The number of nitrogens with zero attached hydrogens (tertiary/aromatic N) is 1. The van der Waals surface area contributed by atoms with Gasteiger partial charge in [-0.2, -0.15) is 5.26 Å². The highest BCUT2D eigenvalue weighted by molar-refractivity contribution is 5.69. The summed E-state index contributed by atoms with van der Waals surface area (Å²) in [5.74, 6) is -0.632. The molecule has 4 heteroatoms. The van der Waals surface area contributed by atoms with Crippen LogP contribution in [0.3, 0.4) is 0 Å². The van der Waals surface area contributed by atoms with Crippen molar-refractivity contribution in [2.75, 3.05) is 6.61 Å². The van der Waals surface area contributed by atoms with Crippen LogP contribution in [0, 0.1) is 17.2 Å². The van der Waals surface area contributed by atoms with Gasteiger partial charge in [-0.15, -0.1) is 0 Å². The summed E-state index contributed by atoms with van der Waals surface area (Å²) in [7, 11) is 0. The van der Waals surface area contributed by atoms with Crippen LogP contribution in [0.25, 0.3) is 0 Å². The topological polar surface area (TPSA) is 81.3 Å². The van der Waals surface area contributed by atoms with Crippen LogP contribution >= 0.6 is 0 Å². The first-order chi connectivity index (χ1) is 5.04. The van der Waals surface area contributed by atoms with Crippen LogP contribution in [0.5, 0.6) is 0 Å². The largest absolute Gasteiger partial charge is 0.480 e. The van der Waals surface area contributed by atoms with Crippen LogP contribution in [0.4, 0.5) is 0 Å². The minimum Gasteiger partial charge on any atom is -0.480 e. The van der Waals surface area contributed by atoms with Crippen molar-refractivity contribution in [1.29, 1.82) is 5.26 Å². The second-order valence-electron chi connectivity index (χ2n) is 2.31. The van der Waals surface area contributed by atoms with E-state index in [4.69, 9.17) is 15.5 Å². The van der Waals surface area contributed by atoms with Crippen LogP contribution in [0.1, 0.15) is 20.3 Å². The van der Waals surface area contributed by atoms with Gasteiger partial charge in [-0.1, -0.05) is 13.8 Å². The standard InChI is InChI=1S/C4H10O.C3H3NO2/c1-4(2)3-5;4-2-1-3(5)6/h4-5H,3H2,1-2H3;1H2,(H,5,6). The molecule has 0 spiro atoms. The molecule has 0 rings (SSSR count). The summed E-state index contributed by atoms with van der Waals surface area (Å²) in [6.07, 6.45) is -0.403. The van der Waals surface area contributed by atoms with Gasteiger partial charge in [0.2, 0.25) is 0 Å². The third kappa shape index (κ3) is 27.8. The maximum atomic E-state index is 9.38. The van der Waals surface area contributed by atoms with Gasteiger partial charge in [-0.3, -0.25) is 4.79 Å². The monoisotopic (exact) mass is 159 g/mol. The molecular formula is C7H13NO3. The van der Waals surface area contributed by atoms with E-state index in [2.05, 4.69) is 0 Å². The lowest BCUT2D eigenvalue weighted by atomic mass is 10.2. The molecule has 0 aliphatic carbocycles. The third-order valence-corrected chi connectivity index (χ3v) is 0.595. The Labute approximate surface area is 66.1 Å².